The van der Waals surface area contributed by atoms with Gasteiger partial charge in [0.15, 0.2) is 0 Å². The van der Waals surface area contributed by atoms with Crippen molar-refractivity contribution in [2.24, 2.45) is 11.3 Å². The van der Waals surface area contributed by atoms with E-state index in [-0.39, 0.29) is 25.0 Å². The molecule has 27 heavy (non-hydrogen) atoms. The van der Waals surface area contributed by atoms with Gasteiger partial charge in [0, 0.05) is 24.7 Å². The summed E-state index contributed by atoms with van der Waals surface area (Å²) in [6.45, 7) is 4.30. The van der Waals surface area contributed by atoms with Gasteiger partial charge in [-0.3, -0.25) is 9.59 Å². The number of carbonyl (C=O) groups excluding carboxylic acids is 1. The molecule has 7 heteroatoms. The number of ether oxygens (including phenoxy) is 1. The summed E-state index contributed by atoms with van der Waals surface area (Å²) in [5.74, 6) is -0.177. The monoisotopic (exact) mass is 367 g/mol. The number of nitrogens with zero attached hydrogens (tertiary/aromatic N) is 3. The van der Waals surface area contributed by atoms with Crippen LogP contribution in [0.15, 0.2) is 30.3 Å². The largest absolute Gasteiger partial charge is 0.493 e. The number of aliphatic carboxylic acids is 1. The van der Waals surface area contributed by atoms with Crippen molar-refractivity contribution in [2.45, 2.75) is 20.3 Å². The molecule has 0 saturated carbocycles. The average Bonchev–Trinajstić information content (AvgIpc) is 2.91. The van der Waals surface area contributed by atoms with Crippen molar-refractivity contribution in [3.63, 3.8) is 0 Å². The lowest BCUT2D eigenvalue weighted by atomic mass is 9.74. The van der Waals surface area contributed by atoms with Crippen LogP contribution in [0.3, 0.4) is 0 Å². The average molecular weight is 367 g/mol. The Balaban J connectivity index is 1.67. The van der Waals surface area contributed by atoms with E-state index >= 15 is 0 Å². The number of carboxylic acids is 1. The number of rotatable bonds is 2. The zero-order valence-corrected chi connectivity index (χ0v) is 15.3. The SMILES string of the molecule is Cc1cc(C(=O)N2CC3COc4ccccc4CC3(C(=O)O)C2)nc(C)n1. The van der Waals surface area contributed by atoms with Crippen molar-refractivity contribution in [1.29, 1.82) is 0 Å². The minimum atomic E-state index is -1.06. The van der Waals surface area contributed by atoms with Gasteiger partial charge in [-0.25, -0.2) is 9.97 Å². The topological polar surface area (TPSA) is 92.6 Å². The highest BCUT2D eigenvalue weighted by atomic mass is 16.5. The summed E-state index contributed by atoms with van der Waals surface area (Å²) in [6.07, 6.45) is 0.342. The molecular weight excluding hydrogens is 346 g/mol. The second kappa shape index (κ2) is 6.33. The summed E-state index contributed by atoms with van der Waals surface area (Å²) in [5, 5.41) is 10.1. The fourth-order valence-electron chi connectivity index (χ4n) is 4.17. The molecule has 1 N–H and O–H groups in total. The zero-order chi connectivity index (χ0) is 19.2. The smallest absolute Gasteiger partial charge is 0.312 e. The summed E-state index contributed by atoms with van der Waals surface area (Å²) in [7, 11) is 0. The van der Waals surface area contributed by atoms with Gasteiger partial charge in [-0.2, -0.15) is 0 Å². The van der Waals surface area contributed by atoms with Crippen molar-refractivity contribution in [3.05, 3.63) is 53.1 Å². The molecule has 2 unspecified atom stereocenters. The fourth-order valence-corrected chi connectivity index (χ4v) is 4.17. The van der Waals surface area contributed by atoms with Gasteiger partial charge in [0.2, 0.25) is 0 Å². The van der Waals surface area contributed by atoms with Crippen LogP contribution in [0, 0.1) is 25.2 Å². The lowest BCUT2D eigenvalue weighted by Gasteiger charge is -2.27. The van der Waals surface area contributed by atoms with E-state index in [1.54, 1.807) is 17.9 Å². The molecule has 4 rings (SSSR count). The van der Waals surface area contributed by atoms with Crippen molar-refractivity contribution in [3.8, 4) is 5.75 Å². The lowest BCUT2D eigenvalue weighted by Crippen LogP contribution is -2.42. The maximum absolute atomic E-state index is 13.0. The molecule has 1 aromatic heterocycles. The van der Waals surface area contributed by atoms with Gasteiger partial charge in [-0.05, 0) is 38.0 Å². The summed E-state index contributed by atoms with van der Waals surface area (Å²) >= 11 is 0. The number of hydrogen-bond donors (Lipinski definition) is 1. The van der Waals surface area contributed by atoms with Crippen molar-refractivity contribution in [2.75, 3.05) is 19.7 Å². The summed E-state index contributed by atoms with van der Waals surface area (Å²) in [5.41, 5.74) is 0.826. The van der Waals surface area contributed by atoms with Gasteiger partial charge >= 0.3 is 5.97 Å². The first kappa shape index (κ1) is 17.5. The molecule has 0 bridgehead atoms. The van der Waals surface area contributed by atoms with Crippen LogP contribution < -0.4 is 4.74 Å². The summed E-state index contributed by atoms with van der Waals surface area (Å²) in [6, 6.07) is 9.15. The molecule has 3 heterocycles. The quantitative estimate of drug-likeness (QED) is 0.871. The fraction of sp³-hybridized carbons (Fsp3) is 0.400. The molecule has 140 valence electrons. The highest BCUT2D eigenvalue weighted by Crippen LogP contribution is 2.44. The Kier molecular flexibility index (Phi) is 4.09. The number of likely N-dealkylation sites (tertiary alicyclic amines) is 1. The first-order chi connectivity index (χ1) is 12.9. The molecule has 2 aliphatic heterocycles. The van der Waals surface area contributed by atoms with Gasteiger partial charge in [-0.1, -0.05) is 18.2 Å². The van der Waals surface area contributed by atoms with Crippen molar-refractivity contribution < 1.29 is 19.4 Å². The van der Waals surface area contributed by atoms with E-state index in [0.717, 1.165) is 11.3 Å². The minimum Gasteiger partial charge on any atom is -0.493 e. The lowest BCUT2D eigenvalue weighted by molar-refractivity contribution is -0.150. The van der Waals surface area contributed by atoms with Crippen LogP contribution in [0.4, 0.5) is 0 Å². The molecule has 1 amide bonds. The maximum atomic E-state index is 13.0. The molecule has 2 aliphatic rings. The van der Waals surface area contributed by atoms with Crippen LogP contribution in [-0.2, 0) is 11.2 Å². The predicted octanol–water partition coefficient (Wildman–Crippen LogP) is 1.87. The maximum Gasteiger partial charge on any atom is 0.312 e. The Hall–Kier alpha value is -2.96. The third-order valence-electron chi connectivity index (χ3n) is 5.51. The molecule has 1 aromatic carbocycles. The third-order valence-corrected chi connectivity index (χ3v) is 5.51. The number of hydrogen-bond acceptors (Lipinski definition) is 5. The molecule has 0 spiro atoms. The first-order valence-electron chi connectivity index (χ1n) is 8.95. The molecule has 2 aromatic rings. The Labute approximate surface area is 157 Å². The van der Waals surface area contributed by atoms with E-state index in [2.05, 4.69) is 9.97 Å². The molecule has 1 fully saturated rings. The van der Waals surface area contributed by atoms with Crippen molar-refractivity contribution >= 4 is 11.9 Å². The normalized spacial score (nSPS) is 23.8. The number of carboxylic acid groups (broad SMARTS) is 1. The van der Waals surface area contributed by atoms with Gasteiger partial charge in [0.1, 0.15) is 17.3 Å². The van der Waals surface area contributed by atoms with Gasteiger partial charge in [-0.15, -0.1) is 0 Å². The Morgan fingerprint density at radius 2 is 2.04 bits per heavy atom. The number of para-hydroxylation sites is 1. The molecule has 1 saturated heterocycles. The van der Waals surface area contributed by atoms with Crippen LogP contribution in [0.2, 0.25) is 0 Å². The van der Waals surface area contributed by atoms with Crippen LogP contribution in [0.5, 0.6) is 5.75 Å². The van der Waals surface area contributed by atoms with Gasteiger partial charge < -0.3 is 14.7 Å². The highest BCUT2D eigenvalue weighted by molar-refractivity contribution is 5.93. The first-order valence-corrected chi connectivity index (χ1v) is 8.95. The number of aryl methyl sites for hydroxylation is 2. The third kappa shape index (κ3) is 2.93. The van der Waals surface area contributed by atoms with E-state index in [1.807, 2.05) is 31.2 Å². The standard InChI is InChI=1S/C20H21N3O4/c1-12-7-16(22-13(2)21-12)18(24)23-9-15-10-27-17-6-4-3-5-14(17)8-20(15,11-23)19(25)26/h3-7,15H,8-11H2,1-2H3,(H,25,26). The van der Waals surface area contributed by atoms with Crippen LogP contribution in [-0.4, -0.2) is 51.5 Å². The summed E-state index contributed by atoms with van der Waals surface area (Å²) < 4.78 is 5.88. The second-order valence-corrected chi connectivity index (χ2v) is 7.38. The van der Waals surface area contributed by atoms with E-state index in [9.17, 15) is 14.7 Å². The zero-order valence-electron chi connectivity index (χ0n) is 15.3. The number of benzene rings is 1. The van der Waals surface area contributed by atoms with Crippen molar-refractivity contribution in [1.82, 2.24) is 14.9 Å². The molecule has 2 atom stereocenters. The van der Waals surface area contributed by atoms with E-state index in [0.29, 0.717) is 30.2 Å². The number of carbonyl (C=O) groups is 2. The van der Waals surface area contributed by atoms with Crippen LogP contribution >= 0.6 is 0 Å². The van der Waals surface area contributed by atoms with E-state index in [4.69, 9.17) is 4.74 Å². The predicted molar refractivity (Wildman–Crippen MR) is 96.6 cm³/mol. The van der Waals surface area contributed by atoms with Crippen LogP contribution in [0.1, 0.15) is 27.6 Å². The minimum absolute atomic E-state index is 0.144. The highest BCUT2D eigenvalue weighted by Gasteiger charge is 2.55. The molecule has 0 radical (unpaired) electrons. The Bertz CT molecular complexity index is 909. The summed E-state index contributed by atoms with van der Waals surface area (Å²) in [4.78, 5) is 35.3. The number of aromatic nitrogens is 2. The molecular formula is C20H21N3O4. The van der Waals surface area contributed by atoms with Crippen LogP contribution in [0.25, 0.3) is 0 Å². The van der Waals surface area contributed by atoms with Gasteiger partial charge in [0.05, 0.1) is 12.0 Å². The molecule has 0 aliphatic carbocycles. The second-order valence-electron chi connectivity index (χ2n) is 7.38. The Morgan fingerprint density at radius 3 is 2.78 bits per heavy atom. The Morgan fingerprint density at radius 1 is 1.26 bits per heavy atom. The van der Waals surface area contributed by atoms with Gasteiger partial charge in [0.25, 0.3) is 5.91 Å². The number of amides is 1. The van der Waals surface area contributed by atoms with E-state index < -0.39 is 11.4 Å². The number of fused-ring (bicyclic) bond motifs is 2. The molecule has 7 nitrogen and oxygen atoms in total. The van der Waals surface area contributed by atoms with E-state index in [1.165, 1.54) is 0 Å².